The van der Waals surface area contributed by atoms with Gasteiger partial charge in [-0.3, -0.25) is 0 Å². The van der Waals surface area contributed by atoms with Gasteiger partial charge in [0.2, 0.25) is 5.69 Å². The zero-order chi connectivity index (χ0) is 15.7. The molecular weight excluding hydrogens is 278 g/mol. The quantitative estimate of drug-likeness (QED) is 0.376. The standard InChI is InChI=1S/C22H20N/c1-13-5-4-6-15-11-16-9-10-17-12-18-8-7-14(2)23(3)22(18)21(17)20(16)19(13)15/h4-10H,11-12H2,1-3H3/q+1. The maximum Gasteiger partial charge on any atom is 0.216 e. The fourth-order valence-electron chi connectivity index (χ4n) is 4.46. The minimum atomic E-state index is 1.06. The van der Waals surface area contributed by atoms with Gasteiger partial charge in [-0.1, -0.05) is 30.3 Å². The Hall–Kier alpha value is -2.41. The highest BCUT2D eigenvalue weighted by Gasteiger charge is 2.34. The van der Waals surface area contributed by atoms with Gasteiger partial charge in [0.1, 0.15) is 7.05 Å². The van der Waals surface area contributed by atoms with Gasteiger partial charge < -0.3 is 0 Å². The van der Waals surface area contributed by atoms with E-state index in [-0.39, 0.29) is 0 Å². The summed E-state index contributed by atoms with van der Waals surface area (Å²) in [5.74, 6) is 0. The summed E-state index contributed by atoms with van der Waals surface area (Å²) < 4.78 is 2.37. The van der Waals surface area contributed by atoms with E-state index in [0.29, 0.717) is 0 Å². The molecule has 2 aliphatic rings. The second-order valence-electron chi connectivity index (χ2n) is 7.00. The monoisotopic (exact) mass is 298 g/mol. The molecule has 1 aromatic heterocycles. The van der Waals surface area contributed by atoms with Crippen molar-refractivity contribution in [2.24, 2.45) is 7.05 Å². The van der Waals surface area contributed by atoms with Crippen LogP contribution in [0.1, 0.15) is 33.5 Å². The van der Waals surface area contributed by atoms with Crippen molar-refractivity contribution < 1.29 is 4.57 Å². The summed E-state index contributed by atoms with van der Waals surface area (Å²) in [6.45, 7) is 4.44. The van der Waals surface area contributed by atoms with Crippen LogP contribution in [0.2, 0.25) is 0 Å². The van der Waals surface area contributed by atoms with Crippen LogP contribution in [0.5, 0.6) is 0 Å². The highest BCUT2D eigenvalue weighted by molar-refractivity contribution is 5.94. The molecule has 0 amide bonds. The fourth-order valence-corrected chi connectivity index (χ4v) is 4.46. The lowest BCUT2D eigenvalue weighted by molar-refractivity contribution is -0.666. The lowest BCUT2D eigenvalue weighted by Gasteiger charge is -2.11. The van der Waals surface area contributed by atoms with Gasteiger partial charge in [-0.05, 0) is 52.8 Å². The second-order valence-corrected chi connectivity index (χ2v) is 7.00. The summed E-state index contributed by atoms with van der Waals surface area (Å²) in [5.41, 5.74) is 14.5. The van der Waals surface area contributed by atoms with Crippen LogP contribution < -0.4 is 4.57 Å². The molecule has 23 heavy (non-hydrogen) atoms. The van der Waals surface area contributed by atoms with Crippen LogP contribution in [0.25, 0.3) is 22.4 Å². The molecule has 0 spiro atoms. The Labute approximate surface area is 137 Å². The first-order valence-electron chi connectivity index (χ1n) is 8.37. The minimum absolute atomic E-state index is 1.06. The molecule has 1 heteroatoms. The summed E-state index contributed by atoms with van der Waals surface area (Å²) in [4.78, 5) is 0. The molecule has 1 nitrogen and oxygen atoms in total. The van der Waals surface area contributed by atoms with Crippen molar-refractivity contribution in [2.75, 3.05) is 0 Å². The van der Waals surface area contributed by atoms with E-state index in [0.717, 1.165) is 12.8 Å². The molecule has 0 aliphatic heterocycles. The van der Waals surface area contributed by atoms with E-state index in [1.54, 1.807) is 0 Å². The van der Waals surface area contributed by atoms with Gasteiger partial charge in [0.05, 0.1) is 5.56 Å². The summed E-state index contributed by atoms with van der Waals surface area (Å²) in [6.07, 6.45) is 2.14. The van der Waals surface area contributed by atoms with E-state index in [1.807, 2.05) is 0 Å². The SMILES string of the molecule is Cc1cccc2c1-c1c(ccc3c1-c1c(ccc(C)[n+]1C)C3)C2. The van der Waals surface area contributed by atoms with Crippen molar-refractivity contribution in [3.05, 3.63) is 76.0 Å². The van der Waals surface area contributed by atoms with E-state index < -0.39 is 0 Å². The number of fused-ring (bicyclic) bond motifs is 7. The molecule has 112 valence electrons. The average molecular weight is 298 g/mol. The maximum absolute atomic E-state index is 2.37. The number of hydrogen-bond donors (Lipinski definition) is 0. The number of aryl methyl sites for hydroxylation is 2. The first kappa shape index (κ1) is 13.1. The summed E-state index contributed by atoms with van der Waals surface area (Å²) in [6, 6.07) is 16.0. The Bertz CT molecular complexity index is 995. The molecule has 0 atom stereocenters. The third-order valence-corrected chi connectivity index (χ3v) is 5.68. The molecule has 0 saturated heterocycles. The van der Waals surface area contributed by atoms with Crippen LogP contribution in [0, 0.1) is 13.8 Å². The van der Waals surface area contributed by atoms with Gasteiger partial charge in [0, 0.05) is 25.0 Å². The maximum atomic E-state index is 2.37. The van der Waals surface area contributed by atoms with E-state index in [9.17, 15) is 0 Å². The third-order valence-electron chi connectivity index (χ3n) is 5.68. The average Bonchev–Trinajstić information content (AvgIpc) is 3.09. The number of hydrogen-bond acceptors (Lipinski definition) is 0. The van der Waals surface area contributed by atoms with Gasteiger partial charge in [-0.15, -0.1) is 0 Å². The zero-order valence-corrected chi connectivity index (χ0v) is 13.9. The molecule has 1 heterocycles. The molecule has 2 aliphatic carbocycles. The summed E-state index contributed by atoms with van der Waals surface area (Å²) >= 11 is 0. The highest BCUT2D eigenvalue weighted by atomic mass is 14.9. The van der Waals surface area contributed by atoms with Gasteiger partial charge in [0.25, 0.3) is 0 Å². The van der Waals surface area contributed by atoms with Crippen LogP contribution in [-0.4, -0.2) is 0 Å². The van der Waals surface area contributed by atoms with Crippen LogP contribution in [0.4, 0.5) is 0 Å². The summed E-state index contributed by atoms with van der Waals surface area (Å²) in [5, 5.41) is 0. The number of benzene rings is 2. The minimum Gasteiger partial charge on any atom is -0.198 e. The van der Waals surface area contributed by atoms with Crippen LogP contribution in [0.15, 0.2) is 42.5 Å². The lowest BCUT2D eigenvalue weighted by atomic mass is 9.93. The molecule has 0 bridgehead atoms. The van der Waals surface area contributed by atoms with Crippen molar-refractivity contribution in [1.82, 2.24) is 0 Å². The van der Waals surface area contributed by atoms with Crippen molar-refractivity contribution in [2.45, 2.75) is 26.7 Å². The van der Waals surface area contributed by atoms with Gasteiger partial charge in [-0.2, -0.15) is 4.57 Å². The first-order valence-corrected chi connectivity index (χ1v) is 8.37. The third kappa shape index (κ3) is 1.60. The molecule has 0 radical (unpaired) electrons. The predicted molar refractivity (Wildman–Crippen MR) is 93.6 cm³/mol. The van der Waals surface area contributed by atoms with Crippen molar-refractivity contribution in [3.63, 3.8) is 0 Å². The topological polar surface area (TPSA) is 3.88 Å². The molecule has 0 N–H and O–H groups in total. The molecule has 0 fully saturated rings. The first-order chi connectivity index (χ1) is 11.1. The van der Waals surface area contributed by atoms with Gasteiger partial charge in [0.15, 0.2) is 5.69 Å². The number of aromatic nitrogens is 1. The van der Waals surface area contributed by atoms with Crippen LogP contribution in [0.3, 0.4) is 0 Å². The molecular formula is C22H20N+. The Morgan fingerprint density at radius 2 is 1.35 bits per heavy atom. The molecule has 0 saturated carbocycles. The normalized spacial score (nSPS) is 13.5. The van der Waals surface area contributed by atoms with E-state index in [1.165, 1.54) is 55.9 Å². The summed E-state index contributed by atoms with van der Waals surface area (Å²) in [7, 11) is 2.20. The van der Waals surface area contributed by atoms with E-state index in [2.05, 4.69) is 67.9 Å². The Balaban J connectivity index is 1.92. The second kappa shape index (κ2) is 4.32. The fraction of sp³-hybridized carbons (Fsp3) is 0.227. The lowest BCUT2D eigenvalue weighted by Crippen LogP contribution is -2.35. The number of pyridine rings is 1. The number of nitrogens with zero attached hydrogens (tertiary/aromatic N) is 1. The smallest absolute Gasteiger partial charge is 0.198 e. The number of rotatable bonds is 0. The Morgan fingerprint density at radius 1 is 0.696 bits per heavy atom. The van der Waals surface area contributed by atoms with E-state index >= 15 is 0 Å². The molecule has 0 unspecified atom stereocenters. The van der Waals surface area contributed by atoms with E-state index in [4.69, 9.17) is 0 Å². The zero-order valence-electron chi connectivity index (χ0n) is 13.9. The van der Waals surface area contributed by atoms with Gasteiger partial charge in [-0.25, -0.2) is 0 Å². The Morgan fingerprint density at radius 3 is 2.17 bits per heavy atom. The molecule has 2 aromatic carbocycles. The van der Waals surface area contributed by atoms with Crippen molar-refractivity contribution in [3.8, 4) is 22.4 Å². The van der Waals surface area contributed by atoms with Crippen molar-refractivity contribution >= 4 is 0 Å². The molecule has 5 rings (SSSR count). The van der Waals surface area contributed by atoms with Crippen LogP contribution in [-0.2, 0) is 19.9 Å². The Kier molecular flexibility index (Phi) is 2.45. The molecule has 3 aromatic rings. The van der Waals surface area contributed by atoms with Crippen LogP contribution >= 0.6 is 0 Å². The predicted octanol–water partition coefficient (Wildman–Crippen LogP) is 4.27. The van der Waals surface area contributed by atoms with Gasteiger partial charge >= 0.3 is 0 Å². The largest absolute Gasteiger partial charge is 0.216 e. The highest BCUT2D eigenvalue weighted by Crippen LogP contribution is 2.48. The van der Waals surface area contributed by atoms with Crippen molar-refractivity contribution in [1.29, 1.82) is 0 Å².